The van der Waals surface area contributed by atoms with Gasteiger partial charge in [-0.3, -0.25) is 0 Å². The first-order valence-electron chi connectivity index (χ1n) is 6.32. The van der Waals surface area contributed by atoms with Crippen molar-refractivity contribution in [3.05, 3.63) is 0 Å². The predicted octanol–water partition coefficient (Wildman–Crippen LogP) is 2.50. The van der Waals surface area contributed by atoms with E-state index in [1.165, 1.54) is 25.7 Å². The molecule has 0 bridgehead atoms. The molecular weight excluding hydrogens is 204 g/mol. The Hall–Kier alpha value is -0.770. The Kier molecular flexibility index (Phi) is 6.23. The molecule has 4 nitrogen and oxygen atoms in total. The maximum Gasteiger partial charge on any atom is 0.139 e. The van der Waals surface area contributed by atoms with Gasteiger partial charge in [-0.1, -0.05) is 24.9 Å². The fraction of sp³-hybridized carbons (Fsp3) is 0.917. The minimum atomic E-state index is 0.311. The molecule has 0 saturated heterocycles. The number of hydrogen-bond acceptors (Lipinski definition) is 3. The zero-order valence-corrected chi connectivity index (χ0v) is 10.2. The molecule has 16 heavy (non-hydrogen) atoms. The van der Waals surface area contributed by atoms with Crippen LogP contribution in [0.2, 0.25) is 0 Å². The second-order valence-corrected chi connectivity index (χ2v) is 4.72. The van der Waals surface area contributed by atoms with Gasteiger partial charge in [0.15, 0.2) is 0 Å². The minimum absolute atomic E-state index is 0.311. The molecule has 0 spiro atoms. The number of oxime groups is 1. The van der Waals surface area contributed by atoms with E-state index in [2.05, 4.69) is 12.1 Å². The maximum absolute atomic E-state index is 8.36. The highest BCUT2D eigenvalue weighted by Crippen LogP contribution is 2.26. The molecule has 1 aliphatic carbocycles. The number of rotatable bonds is 6. The highest BCUT2D eigenvalue weighted by Gasteiger charge is 2.21. The Bertz CT molecular complexity index is 219. The summed E-state index contributed by atoms with van der Waals surface area (Å²) in [5, 5.41) is 11.3. The van der Waals surface area contributed by atoms with E-state index in [-0.39, 0.29) is 0 Å². The van der Waals surface area contributed by atoms with Crippen LogP contribution in [0.1, 0.15) is 51.9 Å². The van der Waals surface area contributed by atoms with Crippen molar-refractivity contribution in [1.82, 2.24) is 0 Å². The van der Waals surface area contributed by atoms with E-state index in [9.17, 15) is 0 Å². The monoisotopic (exact) mass is 228 g/mol. The lowest BCUT2D eigenvalue weighted by Crippen LogP contribution is -2.26. The van der Waals surface area contributed by atoms with Crippen LogP contribution in [-0.4, -0.2) is 23.8 Å². The molecule has 0 aromatic carbocycles. The summed E-state index contributed by atoms with van der Waals surface area (Å²) in [5.74, 6) is 1.02. The molecule has 2 unspecified atom stereocenters. The summed E-state index contributed by atoms with van der Waals surface area (Å²) >= 11 is 0. The molecule has 3 N–H and O–H groups in total. The number of nitrogens with zero attached hydrogens (tertiary/aromatic N) is 1. The second kappa shape index (κ2) is 7.49. The lowest BCUT2D eigenvalue weighted by molar-refractivity contribution is -0.00627. The van der Waals surface area contributed by atoms with E-state index in [1.54, 1.807) is 0 Å². The zero-order chi connectivity index (χ0) is 11.8. The molecule has 1 rings (SSSR count). The Morgan fingerprint density at radius 2 is 2.12 bits per heavy atom. The SMILES string of the molecule is CC1CCCCC1OCCCCC(N)=NO. The second-order valence-electron chi connectivity index (χ2n) is 4.72. The van der Waals surface area contributed by atoms with E-state index in [0.29, 0.717) is 24.3 Å². The summed E-state index contributed by atoms with van der Waals surface area (Å²) in [4.78, 5) is 0. The number of nitrogens with two attached hydrogens (primary N) is 1. The third-order valence-corrected chi connectivity index (χ3v) is 3.32. The highest BCUT2D eigenvalue weighted by atomic mass is 16.5. The topological polar surface area (TPSA) is 67.8 Å². The summed E-state index contributed by atoms with van der Waals surface area (Å²) in [5.41, 5.74) is 5.38. The number of amidine groups is 1. The van der Waals surface area contributed by atoms with Gasteiger partial charge in [0.05, 0.1) is 6.10 Å². The largest absolute Gasteiger partial charge is 0.409 e. The minimum Gasteiger partial charge on any atom is -0.409 e. The smallest absolute Gasteiger partial charge is 0.139 e. The highest BCUT2D eigenvalue weighted by molar-refractivity contribution is 5.79. The molecule has 0 amide bonds. The van der Waals surface area contributed by atoms with E-state index in [1.807, 2.05) is 0 Å². The molecule has 2 atom stereocenters. The first kappa shape index (κ1) is 13.3. The van der Waals surface area contributed by atoms with Gasteiger partial charge in [0, 0.05) is 13.0 Å². The molecule has 0 aliphatic heterocycles. The van der Waals surface area contributed by atoms with Gasteiger partial charge in [-0.05, 0) is 31.6 Å². The molecule has 1 aliphatic rings. The number of ether oxygens (including phenoxy) is 1. The van der Waals surface area contributed by atoms with Crippen LogP contribution in [0.4, 0.5) is 0 Å². The van der Waals surface area contributed by atoms with Crippen LogP contribution in [0.25, 0.3) is 0 Å². The summed E-state index contributed by atoms with van der Waals surface area (Å²) in [6, 6.07) is 0. The van der Waals surface area contributed by atoms with Gasteiger partial charge in [-0.15, -0.1) is 0 Å². The quantitative estimate of drug-likeness (QED) is 0.241. The van der Waals surface area contributed by atoms with Gasteiger partial charge in [0.25, 0.3) is 0 Å². The van der Waals surface area contributed by atoms with Crippen LogP contribution in [-0.2, 0) is 4.74 Å². The van der Waals surface area contributed by atoms with E-state index < -0.39 is 0 Å². The van der Waals surface area contributed by atoms with Crippen LogP contribution in [0.3, 0.4) is 0 Å². The molecule has 94 valence electrons. The molecule has 1 saturated carbocycles. The van der Waals surface area contributed by atoms with Crippen molar-refractivity contribution >= 4 is 5.84 Å². The average molecular weight is 228 g/mol. The van der Waals surface area contributed by atoms with E-state index in [0.717, 1.165) is 19.4 Å². The first-order valence-corrected chi connectivity index (χ1v) is 6.32. The van der Waals surface area contributed by atoms with Crippen LogP contribution < -0.4 is 5.73 Å². The Morgan fingerprint density at radius 1 is 1.38 bits per heavy atom. The maximum atomic E-state index is 8.36. The fourth-order valence-electron chi connectivity index (χ4n) is 2.22. The predicted molar refractivity (Wildman–Crippen MR) is 64.6 cm³/mol. The van der Waals surface area contributed by atoms with E-state index >= 15 is 0 Å². The summed E-state index contributed by atoms with van der Waals surface area (Å²) in [7, 11) is 0. The fourth-order valence-corrected chi connectivity index (χ4v) is 2.22. The van der Waals surface area contributed by atoms with Crippen LogP contribution in [0.5, 0.6) is 0 Å². The standard InChI is InChI=1S/C12H24N2O2/c1-10-6-2-3-7-11(10)16-9-5-4-8-12(13)14-15/h10-11,15H,2-9H2,1H3,(H2,13,14). The van der Waals surface area contributed by atoms with Crippen molar-refractivity contribution in [2.45, 2.75) is 58.0 Å². The van der Waals surface area contributed by atoms with Gasteiger partial charge >= 0.3 is 0 Å². The molecule has 0 aromatic rings. The third kappa shape index (κ3) is 4.84. The van der Waals surface area contributed by atoms with Gasteiger partial charge in [-0.2, -0.15) is 0 Å². The van der Waals surface area contributed by atoms with Crippen molar-refractivity contribution in [3.63, 3.8) is 0 Å². The van der Waals surface area contributed by atoms with Gasteiger partial charge in [0.2, 0.25) is 0 Å². The van der Waals surface area contributed by atoms with Crippen LogP contribution >= 0.6 is 0 Å². The Morgan fingerprint density at radius 3 is 2.81 bits per heavy atom. The molecule has 0 radical (unpaired) electrons. The molecule has 0 aromatic heterocycles. The summed E-state index contributed by atoms with van der Waals surface area (Å²) in [6.45, 7) is 3.08. The molecule has 4 heteroatoms. The lowest BCUT2D eigenvalue weighted by atomic mass is 9.88. The van der Waals surface area contributed by atoms with Gasteiger partial charge in [-0.25, -0.2) is 0 Å². The van der Waals surface area contributed by atoms with Crippen molar-refractivity contribution in [2.24, 2.45) is 16.8 Å². The van der Waals surface area contributed by atoms with Crippen LogP contribution in [0.15, 0.2) is 5.16 Å². The van der Waals surface area contributed by atoms with Crippen LogP contribution in [0, 0.1) is 5.92 Å². The summed E-state index contributed by atoms with van der Waals surface area (Å²) in [6.07, 6.45) is 8.19. The van der Waals surface area contributed by atoms with Crippen molar-refractivity contribution in [3.8, 4) is 0 Å². The Balaban J connectivity index is 2.02. The first-order chi connectivity index (χ1) is 7.74. The van der Waals surface area contributed by atoms with Gasteiger partial charge < -0.3 is 15.7 Å². The molecule has 1 fully saturated rings. The lowest BCUT2D eigenvalue weighted by Gasteiger charge is -2.28. The molecular formula is C12H24N2O2. The average Bonchev–Trinajstić information content (AvgIpc) is 2.30. The van der Waals surface area contributed by atoms with Crippen molar-refractivity contribution in [2.75, 3.05) is 6.61 Å². The normalized spacial score (nSPS) is 26.9. The van der Waals surface area contributed by atoms with Crippen molar-refractivity contribution in [1.29, 1.82) is 0 Å². The third-order valence-electron chi connectivity index (χ3n) is 3.32. The number of unbranched alkanes of at least 4 members (excludes halogenated alkanes) is 1. The van der Waals surface area contributed by atoms with Crippen molar-refractivity contribution < 1.29 is 9.94 Å². The summed E-state index contributed by atoms with van der Waals surface area (Å²) < 4.78 is 5.87. The zero-order valence-electron chi connectivity index (χ0n) is 10.2. The molecule has 0 heterocycles. The van der Waals surface area contributed by atoms with Gasteiger partial charge in [0.1, 0.15) is 5.84 Å². The number of hydrogen-bond donors (Lipinski definition) is 2. The Labute approximate surface area is 97.8 Å². The van der Waals surface area contributed by atoms with E-state index in [4.69, 9.17) is 15.7 Å².